The van der Waals surface area contributed by atoms with E-state index in [9.17, 15) is 0 Å². The van der Waals surface area contributed by atoms with E-state index in [-0.39, 0.29) is 0 Å². The van der Waals surface area contributed by atoms with Gasteiger partial charge in [0.2, 0.25) is 0 Å². The number of para-hydroxylation sites is 1. The van der Waals surface area contributed by atoms with Crippen molar-refractivity contribution in [1.82, 2.24) is 9.78 Å². The molecule has 0 aliphatic heterocycles. The summed E-state index contributed by atoms with van der Waals surface area (Å²) in [6, 6.07) is 18.2. The second kappa shape index (κ2) is 7.66. The maximum atomic E-state index is 6.06. The summed E-state index contributed by atoms with van der Waals surface area (Å²) in [6.45, 7) is 4.82. The molecule has 0 amide bonds. The molecular formula is C20H23N5. The van der Waals surface area contributed by atoms with E-state index in [0.29, 0.717) is 18.4 Å². The molecule has 0 fully saturated rings. The molecule has 128 valence electrons. The topological polar surface area (TPSA) is 68.2 Å². The van der Waals surface area contributed by atoms with E-state index >= 15 is 0 Å². The van der Waals surface area contributed by atoms with Crippen molar-refractivity contribution in [2.75, 3.05) is 5.32 Å². The molecule has 3 rings (SSSR count). The fourth-order valence-electron chi connectivity index (χ4n) is 2.61. The van der Waals surface area contributed by atoms with Crippen LogP contribution in [0.15, 0.2) is 72.0 Å². The number of aromatic nitrogens is 2. The van der Waals surface area contributed by atoms with Gasteiger partial charge < -0.3 is 11.1 Å². The van der Waals surface area contributed by atoms with Crippen LogP contribution in [0.5, 0.6) is 0 Å². The largest absolute Gasteiger partial charge is 0.370 e. The van der Waals surface area contributed by atoms with Gasteiger partial charge in [0.15, 0.2) is 5.96 Å². The molecule has 0 bridgehead atoms. The van der Waals surface area contributed by atoms with Gasteiger partial charge in [0.1, 0.15) is 0 Å². The van der Waals surface area contributed by atoms with Crippen LogP contribution in [-0.4, -0.2) is 15.7 Å². The van der Waals surface area contributed by atoms with E-state index in [1.54, 1.807) is 6.20 Å². The highest BCUT2D eigenvalue weighted by molar-refractivity contribution is 5.92. The molecule has 25 heavy (non-hydrogen) atoms. The Bertz CT molecular complexity index is 850. The number of hydrogen-bond donors (Lipinski definition) is 2. The zero-order valence-electron chi connectivity index (χ0n) is 14.6. The van der Waals surface area contributed by atoms with Gasteiger partial charge in [-0.3, -0.25) is 0 Å². The quantitative estimate of drug-likeness (QED) is 0.549. The predicted molar refractivity (Wildman–Crippen MR) is 103 cm³/mol. The summed E-state index contributed by atoms with van der Waals surface area (Å²) < 4.78 is 1.83. The van der Waals surface area contributed by atoms with E-state index in [1.807, 2.05) is 53.3 Å². The van der Waals surface area contributed by atoms with E-state index in [4.69, 9.17) is 5.73 Å². The first-order chi connectivity index (χ1) is 12.1. The van der Waals surface area contributed by atoms with E-state index < -0.39 is 0 Å². The summed E-state index contributed by atoms with van der Waals surface area (Å²) in [6.07, 6.45) is 3.68. The maximum absolute atomic E-state index is 6.06. The molecule has 5 nitrogen and oxygen atoms in total. The molecule has 0 unspecified atom stereocenters. The Morgan fingerprint density at radius 1 is 1.16 bits per heavy atom. The fourth-order valence-corrected chi connectivity index (χ4v) is 2.61. The number of nitrogens with zero attached hydrogens (tertiary/aromatic N) is 3. The minimum Gasteiger partial charge on any atom is -0.370 e. The molecule has 5 heteroatoms. The van der Waals surface area contributed by atoms with Crippen molar-refractivity contribution in [2.45, 2.75) is 26.3 Å². The van der Waals surface area contributed by atoms with Crippen LogP contribution in [0.2, 0.25) is 0 Å². The number of hydrogen-bond acceptors (Lipinski definition) is 2. The number of rotatable bonds is 5. The van der Waals surface area contributed by atoms with Crippen molar-refractivity contribution in [3.05, 3.63) is 78.1 Å². The Balaban J connectivity index is 1.73. The Morgan fingerprint density at radius 3 is 2.76 bits per heavy atom. The van der Waals surface area contributed by atoms with Crippen LogP contribution >= 0.6 is 0 Å². The molecule has 0 atom stereocenters. The van der Waals surface area contributed by atoms with Gasteiger partial charge in [-0.2, -0.15) is 5.10 Å². The standard InChI is InChI=1S/C20H23N5/c1-15(2)16-8-5-9-18(13-16)24-20(21)22-14-17-7-3-4-10-19(17)25-12-6-11-23-25/h3-13,15H,14H2,1-2H3,(H3,21,22,24). The minimum atomic E-state index is 0.399. The second-order valence-corrected chi connectivity index (χ2v) is 6.19. The Morgan fingerprint density at radius 2 is 2.00 bits per heavy atom. The highest BCUT2D eigenvalue weighted by Crippen LogP contribution is 2.18. The summed E-state index contributed by atoms with van der Waals surface area (Å²) in [7, 11) is 0. The van der Waals surface area contributed by atoms with E-state index in [1.165, 1.54) is 5.56 Å². The smallest absolute Gasteiger partial charge is 0.193 e. The molecule has 0 radical (unpaired) electrons. The van der Waals surface area contributed by atoms with Gasteiger partial charge >= 0.3 is 0 Å². The first kappa shape index (κ1) is 16.8. The molecule has 3 N–H and O–H groups in total. The van der Waals surface area contributed by atoms with Crippen LogP contribution in [0, 0.1) is 0 Å². The molecule has 0 saturated carbocycles. The first-order valence-electron chi connectivity index (χ1n) is 8.38. The SMILES string of the molecule is CC(C)c1cccc(NC(N)=NCc2ccccc2-n2cccn2)c1. The van der Waals surface area contributed by atoms with Gasteiger partial charge in [0.05, 0.1) is 12.2 Å². The third-order valence-electron chi connectivity index (χ3n) is 3.99. The average molecular weight is 333 g/mol. The van der Waals surface area contributed by atoms with Crippen molar-refractivity contribution >= 4 is 11.6 Å². The van der Waals surface area contributed by atoms with Crippen LogP contribution in [0.1, 0.15) is 30.9 Å². The second-order valence-electron chi connectivity index (χ2n) is 6.19. The van der Waals surface area contributed by atoms with Crippen LogP contribution in [0.4, 0.5) is 5.69 Å². The van der Waals surface area contributed by atoms with Crippen LogP contribution in [0.3, 0.4) is 0 Å². The lowest BCUT2D eigenvalue weighted by molar-refractivity contribution is 0.858. The van der Waals surface area contributed by atoms with Gasteiger partial charge in [-0.15, -0.1) is 0 Å². The summed E-state index contributed by atoms with van der Waals surface area (Å²) >= 11 is 0. The molecule has 3 aromatic rings. The fraction of sp³-hybridized carbons (Fsp3) is 0.200. The van der Waals surface area contributed by atoms with Crippen molar-refractivity contribution in [2.24, 2.45) is 10.7 Å². The summed E-state index contributed by atoms with van der Waals surface area (Å²) in [4.78, 5) is 4.48. The molecule has 1 aromatic heterocycles. The lowest BCUT2D eigenvalue weighted by atomic mass is 10.0. The van der Waals surface area contributed by atoms with Gasteiger partial charge in [-0.1, -0.05) is 44.2 Å². The Labute approximate surface area is 148 Å². The van der Waals surface area contributed by atoms with Gasteiger partial charge in [-0.25, -0.2) is 9.67 Å². The van der Waals surface area contributed by atoms with E-state index in [2.05, 4.69) is 41.4 Å². The van der Waals surface area contributed by atoms with Gasteiger partial charge in [0, 0.05) is 18.1 Å². The lowest BCUT2D eigenvalue weighted by Gasteiger charge is -2.11. The first-order valence-corrected chi connectivity index (χ1v) is 8.38. The Kier molecular flexibility index (Phi) is 5.14. The molecule has 0 spiro atoms. The maximum Gasteiger partial charge on any atom is 0.193 e. The highest BCUT2D eigenvalue weighted by Gasteiger charge is 2.05. The number of anilines is 1. The number of benzene rings is 2. The lowest BCUT2D eigenvalue weighted by Crippen LogP contribution is -2.22. The molecule has 0 aliphatic carbocycles. The van der Waals surface area contributed by atoms with Crippen molar-refractivity contribution in [3.63, 3.8) is 0 Å². The zero-order valence-corrected chi connectivity index (χ0v) is 14.6. The molecule has 2 aromatic carbocycles. The monoisotopic (exact) mass is 333 g/mol. The third kappa shape index (κ3) is 4.26. The van der Waals surface area contributed by atoms with Crippen LogP contribution in [0.25, 0.3) is 5.69 Å². The minimum absolute atomic E-state index is 0.399. The predicted octanol–water partition coefficient (Wildman–Crippen LogP) is 3.92. The van der Waals surface area contributed by atoms with Crippen molar-refractivity contribution in [1.29, 1.82) is 0 Å². The van der Waals surface area contributed by atoms with Crippen LogP contribution in [-0.2, 0) is 6.54 Å². The average Bonchev–Trinajstić information content (AvgIpc) is 3.15. The number of nitrogens with two attached hydrogens (primary N) is 1. The molecule has 1 heterocycles. The molecular weight excluding hydrogens is 310 g/mol. The summed E-state index contributed by atoms with van der Waals surface area (Å²) in [5.74, 6) is 0.872. The number of guanidine groups is 1. The van der Waals surface area contributed by atoms with E-state index in [0.717, 1.165) is 16.9 Å². The summed E-state index contributed by atoms with van der Waals surface area (Å²) in [5.41, 5.74) is 10.3. The van der Waals surface area contributed by atoms with Gasteiger partial charge in [-0.05, 0) is 41.3 Å². The van der Waals surface area contributed by atoms with Crippen molar-refractivity contribution in [3.8, 4) is 5.69 Å². The van der Waals surface area contributed by atoms with Gasteiger partial charge in [0.25, 0.3) is 0 Å². The zero-order chi connectivity index (χ0) is 17.6. The number of nitrogens with one attached hydrogen (secondary N) is 1. The Hall–Kier alpha value is -3.08. The molecule has 0 saturated heterocycles. The third-order valence-corrected chi connectivity index (χ3v) is 3.99. The van der Waals surface area contributed by atoms with Crippen LogP contribution < -0.4 is 11.1 Å². The number of aliphatic imine (C=N–C) groups is 1. The van der Waals surface area contributed by atoms with Crippen molar-refractivity contribution < 1.29 is 0 Å². The normalized spacial score (nSPS) is 11.7. The molecule has 0 aliphatic rings. The highest BCUT2D eigenvalue weighted by atomic mass is 15.3. The summed E-state index contributed by atoms with van der Waals surface area (Å²) in [5, 5.41) is 7.46.